The number of aromatic amines is 1. The van der Waals surface area contributed by atoms with Crippen molar-refractivity contribution >= 4 is 34.6 Å². The lowest BCUT2D eigenvalue weighted by atomic mass is 10.0. The minimum atomic E-state index is -4.64. The Kier molecular flexibility index (Phi) is 7.24. The minimum absolute atomic E-state index is 0.0530. The van der Waals surface area contributed by atoms with Crippen LogP contribution in [-0.2, 0) is 6.18 Å². The highest BCUT2D eigenvalue weighted by Gasteiger charge is 2.33. The van der Waals surface area contributed by atoms with E-state index in [0.717, 1.165) is 23.3 Å². The molecule has 1 aromatic heterocycles. The van der Waals surface area contributed by atoms with Crippen molar-refractivity contribution in [2.45, 2.75) is 6.18 Å². The number of allylic oxidation sites excluding steroid dienone is 4. The maximum absolute atomic E-state index is 13.0. The van der Waals surface area contributed by atoms with Crippen LogP contribution in [0.1, 0.15) is 11.1 Å². The summed E-state index contributed by atoms with van der Waals surface area (Å²) in [6.07, 6.45) is 3.56. The number of amides is 2. The van der Waals surface area contributed by atoms with Crippen LogP contribution in [0.4, 0.5) is 29.3 Å². The minimum Gasteiger partial charge on any atom is -0.405 e. The van der Waals surface area contributed by atoms with Crippen molar-refractivity contribution in [1.29, 1.82) is 0 Å². The third kappa shape index (κ3) is 5.83. The van der Waals surface area contributed by atoms with Crippen molar-refractivity contribution in [2.75, 3.05) is 10.6 Å². The van der Waals surface area contributed by atoms with Gasteiger partial charge in [0.2, 0.25) is 0 Å². The van der Waals surface area contributed by atoms with Crippen LogP contribution in [0.2, 0.25) is 5.02 Å². The number of alkyl halides is 3. The van der Waals surface area contributed by atoms with Crippen LogP contribution >= 0.6 is 11.6 Å². The first-order chi connectivity index (χ1) is 15.7. The lowest BCUT2D eigenvalue weighted by Crippen LogP contribution is -2.20. The molecule has 0 atom stereocenters. The largest absolute Gasteiger partial charge is 0.417 e. The molecule has 0 aliphatic carbocycles. The summed E-state index contributed by atoms with van der Waals surface area (Å²) in [6.45, 7) is 3.69. The summed E-state index contributed by atoms with van der Waals surface area (Å²) in [5.74, 6) is 0. The van der Waals surface area contributed by atoms with Gasteiger partial charge in [0.1, 0.15) is 0 Å². The van der Waals surface area contributed by atoms with Gasteiger partial charge in [-0.15, -0.1) is 0 Å². The Bertz CT molecular complexity index is 1230. The molecule has 2 aromatic carbocycles. The van der Waals surface area contributed by atoms with E-state index < -0.39 is 22.8 Å². The highest BCUT2D eigenvalue weighted by molar-refractivity contribution is 6.31. The van der Waals surface area contributed by atoms with Gasteiger partial charge in [-0.25, -0.2) is 4.79 Å². The SMILES string of the molecule is C=C/C=C(\C=C/N)c1c[nH]nc1-c1cccc(NC(=O)Nc2ccc(Cl)c(C(F)(F)F)c2)c1. The number of carbonyl (C=O) groups is 1. The number of hydrogen-bond donors (Lipinski definition) is 4. The van der Waals surface area contributed by atoms with Crippen LogP contribution in [0.15, 0.2) is 79.7 Å². The van der Waals surface area contributed by atoms with Gasteiger partial charge in [0.15, 0.2) is 0 Å². The summed E-state index contributed by atoms with van der Waals surface area (Å²) >= 11 is 5.61. The molecule has 10 heteroatoms. The second-order valence-electron chi connectivity index (χ2n) is 6.72. The Morgan fingerprint density at radius 1 is 1.15 bits per heavy atom. The maximum atomic E-state index is 13.0. The summed E-state index contributed by atoms with van der Waals surface area (Å²) in [5, 5.41) is 11.6. The number of rotatable bonds is 6. The highest BCUT2D eigenvalue weighted by Crippen LogP contribution is 2.36. The zero-order valence-electron chi connectivity index (χ0n) is 17.1. The number of nitrogens with zero attached hydrogens (tertiary/aromatic N) is 1. The molecule has 3 aromatic rings. The zero-order valence-corrected chi connectivity index (χ0v) is 17.8. The Balaban J connectivity index is 1.81. The molecule has 0 spiro atoms. The number of urea groups is 1. The molecule has 6 nitrogen and oxygen atoms in total. The summed E-state index contributed by atoms with van der Waals surface area (Å²) in [5.41, 5.74) is 7.68. The Hall–Kier alpha value is -3.98. The number of anilines is 2. The molecule has 0 unspecified atom stereocenters. The molecule has 2 amide bonds. The van der Waals surface area contributed by atoms with Gasteiger partial charge in [-0.05, 0) is 48.2 Å². The molecule has 1 heterocycles. The second-order valence-corrected chi connectivity index (χ2v) is 7.12. The third-order valence-corrected chi connectivity index (χ3v) is 4.78. The van der Waals surface area contributed by atoms with Gasteiger partial charge in [-0.1, -0.05) is 42.5 Å². The monoisotopic (exact) mass is 473 g/mol. The van der Waals surface area contributed by atoms with Gasteiger partial charge in [-0.3, -0.25) is 5.10 Å². The van der Waals surface area contributed by atoms with Gasteiger partial charge in [-0.2, -0.15) is 18.3 Å². The fraction of sp³-hybridized carbons (Fsp3) is 0.0435. The molecular weight excluding hydrogens is 455 g/mol. The highest BCUT2D eigenvalue weighted by atomic mass is 35.5. The predicted octanol–water partition coefficient (Wildman–Crippen LogP) is 6.43. The second kappa shape index (κ2) is 10.1. The average molecular weight is 474 g/mol. The topological polar surface area (TPSA) is 95.8 Å². The Morgan fingerprint density at radius 2 is 1.88 bits per heavy atom. The predicted molar refractivity (Wildman–Crippen MR) is 125 cm³/mol. The van der Waals surface area contributed by atoms with Crippen molar-refractivity contribution in [3.05, 3.63) is 95.8 Å². The van der Waals surface area contributed by atoms with E-state index in [1.54, 1.807) is 48.7 Å². The van der Waals surface area contributed by atoms with E-state index in [2.05, 4.69) is 27.4 Å². The van der Waals surface area contributed by atoms with Crippen molar-refractivity contribution in [3.8, 4) is 11.3 Å². The fourth-order valence-electron chi connectivity index (χ4n) is 3.05. The molecule has 0 saturated heterocycles. The van der Waals surface area contributed by atoms with Crippen LogP contribution in [0, 0.1) is 0 Å². The quantitative estimate of drug-likeness (QED) is 0.310. The van der Waals surface area contributed by atoms with Crippen molar-refractivity contribution in [1.82, 2.24) is 10.2 Å². The van der Waals surface area contributed by atoms with Crippen LogP contribution in [-0.4, -0.2) is 16.2 Å². The molecule has 0 aliphatic rings. The molecular formula is C23H19ClF3N5O. The van der Waals surface area contributed by atoms with Gasteiger partial charge in [0, 0.05) is 28.7 Å². The van der Waals surface area contributed by atoms with Gasteiger partial charge < -0.3 is 16.4 Å². The molecule has 33 heavy (non-hydrogen) atoms. The number of nitrogens with one attached hydrogen (secondary N) is 3. The summed E-state index contributed by atoms with van der Waals surface area (Å²) in [7, 11) is 0. The number of H-pyrrole nitrogens is 1. The zero-order chi connectivity index (χ0) is 24.0. The van der Waals surface area contributed by atoms with Crippen LogP contribution in [0.25, 0.3) is 16.8 Å². The summed E-state index contributed by atoms with van der Waals surface area (Å²) in [4.78, 5) is 12.4. The number of carbonyl (C=O) groups excluding carboxylic acids is 1. The molecule has 0 fully saturated rings. The van der Waals surface area contributed by atoms with E-state index in [1.165, 1.54) is 12.3 Å². The van der Waals surface area contributed by atoms with E-state index >= 15 is 0 Å². The van der Waals surface area contributed by atoms with Crippen LogP contribution < -0.4 is 16.4 Å². The molecule has 170 valence electrons. The number of aromatic nitrogens is 2. The molecule has 0 aliphatic heterocycles. The molecule has 0 bridgehead atoms. The Morgan fingerprint density at radius 3 is 2.55 bits per heavy atom. The lowest BCUT2D eigenvalue weighted by Gasteiger charge is -2.13. The average Bonchev–Trinajstić information content (AvgIpc) is 3.24. The van der Waals surface area contributed by atoms with Crippen molar-refractivity contribution in [3.63, 3.8) is 0 Å². The molecule has 5 N–H and O–H groups in total. The van der Waals surface area contributed by atoms with E-state index in [0.29, 0.717) is 16.9 Å². The van der Waals surface area contributed by atoms with Crippen molar-refractivity contribution < 1.29 is 18.0 Å². The van der Waals surface area contributed by atoms with E-state index in [4.69, 9.17) is 17.3 Å². The van der Waals surface area contributed by atoms with Gasteiger partial charge in [0.25, 0.3) is 0 Å². The molecule has 0 saturated carbocycles. The van der Waals surface area contributed by atoms with Crippen LogP contribution in [0.5, 0.6) is 0 Å². The van der Waals surface area contributed by atoms with Gasteiger partial charge >= 0.3 is 12.2 Å². The number of nitrogens with two attached hydrogens (primary N) is 1. The van der Waals surface area contributed by atoms with Gasteiger partial charge in [0.05, 0.1) is 16.3 Å². The first-order valence-corrected chi connectivity index (χ1v) is 9.91. The fourth-order valence-corrected chi connectivity index (χ4v) is 3.28. The third-order valence-electron chi connectivity index (χ3n) is 4.45. The van der Waals surface area contributed by atoms with Crippen molar-refractivity contribution in [2.24, 2.45) is 5.73 Å². The summed E-state index contributed by atoms with van der Waals surface area (Å²) < 4.78 is 39.1. The van der Waals surface area contributed by atoms with E-state index in [1.807, 2.05) is 0 Å². The molecule has 3 rings (SSSR count). The summed E-state index contributed by atoms with van der Waals surface area (Å²) in [6, 6.07) is 9.23. The number of benzene rings is 2. The van der Waals surface area contributed by atoms with E-state index in [9.17, 15) is 18.0 Å². The first kappa shape index (κ1) is 23.7. The smallest absolute Gasteiger partial charge is 0.405 e. The lowest BCUT2D eigenvalue weighted by molar-refractivity contribution is -0.137. The maximum Gasteiger partial charge on any atom is 0.417 e. The Labute approximate surface area is 192 Å². The van der Waals surface area contributed by atoms with E-state index in [-0.39, 0.29) is 5.69 Å². The first-order valence-electron chi connectivity index (χ1n) is 9.53. The normalized spacial score (nSPS) is 12.1. The number of hydrogen-bond acceptors (Lipinski definition) is 3. The number of halogens is 4. The van der Waals surface area contributed by atoms with Crippen LogP contribution in [0.3, 0.4) is 0 Å². The standard InChI is InChI=1S/C23H19ClF3N5O/c1-2-4-14(9-10-28)18-13-29-32-21(18)15-5-3-6-16(11-15)30-22(33)31-17-7-8-20(24)19(12-17)23(25,26)27/h2-13H,1,28H2,(H,29,32)(H2,30,31,33)/b10-9-,14-4+. The molecule has 0 radical (unpaired) electrons.